The minimum Gasteiger partial charge on any atom is -0.323 e. The fourth-order valence-corrected chi connectivity index (χ4v) is 3.17. The van der Waals surface area contributed by atoms with Gasteiger partial charge in [0.15, 0.2) is 0 Å². The molecule has 2 aromatic carbocycles. The van der Waals surface area contributed by atoms with Gasteiger partial charge in [0.05, 0.1) is 17.6 Å². The number of rotatable bonds is 7. The summed E-state index contributed by atoms with van der Waals surface area (Å²) in [5, 5.41) is 3.19. The van der Waals surface area contributed by atoms with E-state index in [1.807, 2.05) is 13.4 Å². The summed E-state index contributed by atoms with van der Waals surface area (Å²) in [7, 11) is 1.99. The molecule has 0 aliphatic carbocycles. The fraction of sp³-hybridized carbons (Fsp3) is 0.286. The molecule has 3 heteroatoms. The first kappa shape index (κ1) is 16.5. The summed E-state index contributed by atoms with van der Waals surface area (Å²) in [6.45, 7) is 3.28. The molecule has 0 aliphatic heterocycles. The topological polar surface area (TPSA) is 29.9 Å². The van der Waals surface area contributed by atoms with Gasteiger partial charge in [-0.05, 0) is 44.5 Å². The molecule has 0 saturated heterocycles. The minimum absolute atomic E-state index is 0.267. The summed E-state index contributed by atoms with van der Waals surface area (Å²) in [6, 6.07) is 21.3. The van der Waals surface area contributed by atoms with E-state index in [1.54, 1.807) is 0 Å². The van der Waals surface area contributed by atoms with Crippen LogP contribution in [0.25, 0.3) is 0 Å². The summed E-state index contributed by atoms with van der Waals surface area (Å²) in [4.78, 5) is 4.64. The molecule has 0 spiro atoms. The van der Waals surface area contributed by atoms with Gasteiger partial charge in [-0.15, -0.1) is 0 Å². The van der Waals surface area contributed by atoms with Crippen LogP contribution < -0.4 is 5.32 Å². The van der Waals surface area contributed by atoms with Gasteiger partial charge in [0, 0.05) is 6.20 Å². The second kappa shape index (κ2) is 7.45. The number of aryl methyl sites for hydroxylation is 1. The molecule has 0 atom stereocenters. The van der Waals surface area contributed by atoms with E-state index >= 15 is 0 Å². The van der Waals surface area contributed by atoms with Crippen LogP contribution in [0.2, 0.25) is 0 Å². The highest BCUT2D eigenvalue weighted by Gasteiger charge is 2.30. The maximum Gasteiger partial charge on any atom is 0.0959 e. The third-order valence-electron chi connectivity index (χ3n) is 4.68. The molecule has 0 saturated carbocycles. The van der Waals surface area contributed by atoms with E-state index in [0.717, 1.165) is 25.1 Å². The third kappa shape index (κ3) is 3.26. The number of nitrogens with zero attached hydrogens (tertiary/aromatic N) is 2. The molecule has 24 heavy (non-hydrogen) atoms. The maximum absolute atomic E-state index is 4.64. The van der Waals surface area contributed by atoms with Crippen molar-refractivity contribution in [1.82, 2.24) is 14.9 Å². The van der Waals surface area contributed by atoms with Crippen LogP contribution in [0, 0.1) is 0 Å². The van der Waals surface area contributed by atoms with Crippen LogP contribution in [-0.2, 0) is 12.0 Å². The van der Waals surface area contributed by atoms with Crippen LogP contribution >= 0.6 is 0 Å². The summed E-state index contributed by atoms with van der Waals surface area (Å²) < 4.78 is 2.24. The predicted octanol–water partition coefficient (Wildman–Crippen LogP) is 3.85. The zero-order valence-electron chi connectivity index (χ0n) is 14.4. The van der Waals surface area contributed by atoms with Crippen molar-refractivity contribution in [2.45, 2.75) is 25.3 Å². The van der Waals surface area contributed by atoms with Gasteiger partial charge < -0.3 is 9.88 Å². The first-order chi connectivity index (χ1) is 11.7. The van der Waals surface area contributed by atoms with Gasteiger partial charge in [0.25, 0.3) is 0 Å². The van der Waals surface area contributed by atoms with Gasteiger partial charge in [-0.2, -0.15) is 0 Å². The number of hydrogen-bond acceptors (Lipinski definition) is 2. The summed E-state index contributed by atoms with van der Waals surface area (Å²) in [5.74, 6) is 0. The lowest BCUT2D eigenvalue weighted by Gasteiger charge is -2.32. The molecule has 0 fully saturated rings. The van der Waals surface area contributed by atoms with E-state index in [9.17, 15) is 0 Å². The Morgan fingerprint density at radius 3 is 2.08 bits per heavy atom. The zero-order chi connectivity index (χ0) is 16.8. The molecule has 1 N–H and O–H groups in total. The molecule has 124 valence electrons. The SMILES string of the molecule is CNCCCc1cn(C(C)(c2ccccc2)c2ccccc2)cn1. The molecule has 3 aromatic rings. The van der Waals surface area contributed by atoms with Crippen LogP contribution in [0.15, 0.2) is 73.2 Å². The molecule has 0 aliphatic rings. The summed E-state index contributed by atoms with van der Waals surface area (Å²) >= 11 is 0. The van der Waals surface area contributed by atoms with Crippen molar-refractivity contribution in [2.24, 2.45) is 0 Å². The molecule has 0 amide bonds. The Bertz CT molecular complexity index is 708. The minimum atomic E-state index is -0.267. The highest BCUT2D eigenvalue weighted by atomic mass is 15.1. The van der Waals surface area contributed by atoms with Crippen LogP contribution in [0.4, 0.5) is 0 Å². The lowest BCUT2D eigenvalue weighted by Crippen LogP contribution is -2.31. The van der Waals surface area contributed by atoms with E-state index < -0.39 is 0 Å². The largest absolute Gasteiger partial charge is 0.323 e. The van der Waals surface area contributed by atoms with Gasteiger partial charge in [-0.1, -0.05) is 60.7 Å². The fourth-order valence-electron chi connectivity index (χ4n) is 3.17. The molecule has 3 rings (SSSR count). The Morgan fingerprint density at radius 1 is 0.958 bits per heavy atom. The molecule has 1 heterocycles. The van der Waals surface area contributed by atoms with E-state index in [2.05, 4.69) is 88.7 Å². The van der Waals surface area contributed by atoms with Crippen molar-refractivity contribution in [3.8, 4) is 0 Å². The Labute approximate surface area is 144 Å². The number of hydrogen-bond donors (Lipinski definition) is 1. The van der Waals surface area contributed by atoms with Crippen LogP contribution in [0.3, 0.4) is 0 Å². The van der Waals surface area contributed by atoms with Gasteiger partial charge in [0.2, 0.25) is 0 Å². The van der Waals surface area contributed by atoms with E-state index in [0.29, 0.717) is 0 Å². The lowest BCUT2D eigenvalue weighted by atomic mass is 9.84. The molecule has 0 unspecified atom stereocenters. The molecule has 0 radical (unpaired) electrons. The Hall–Kier alpha value is -2.39. The molecule has 3 nitrogen and oxygen atoms in total. The third-order valence-corrected chi connectivity index (χ3v) is 4.68. The second-order valence-electron chi connectivity index (χ2n) is 6.28. The zero-order valence-corrected chi connectivity index (χ0v) is 14.4. The average Bonchev–Trinajstić information content (AvgIpc) is 3.12. The van der Waals surface area contributed by atoms with Gasteiger partial charge in [-0.3, -0.25) is 0 Å². The normalized spacial score (nSPS) is 11.6. The molecular formula is C21H25N3. The van der Waals surface area contributed by atoms with Crippen LogP contribution in [0.5, 0.6) is 0 Å². The molecule has 1 aromatic heterocycles. The van der Waals surface area contributed by atoms with Crippen molar-refractivity contribution in [3.63, 3.8) is 0 Å². The monoisotopic (exact) mass is 319 g/mol. The summed E-state index contributed by atoms with van der Waals surface area (Å²) in [6.07, 6.45) is 6.25. The highest BCUT2D eigenvalue weighted by molar-refractivity contribution is 5.38. The van der Waals surface area contributed by atoms with Crippen molar-refractivity contribution in [3.05, 3.63) is 90.0 Å². The smallest absolute Gasteiger partial charge is 0.0959 e. The van der Waals surface area contributed by atoms with Crippen molar-refractivity contribution in [1.29, 1.82) is 0 Å². The molecular weight excluding hydrogens is 294 g/mol. The number of benzene rings is 2. The van der Waals surface area contributed by atoms with E-state index in [1.165, 1.54) is 11.1 Å². The standard InChI is InChI=1S/C21H25N3/c1-21(18-10-5-3-6-11-18,19-12-7-4-8-13-19)24-16-20(23-17-24)14-9-15-22-2/h3-8,10-13,16-17,22H,9,14-15H2,1-2H3. The maximum atomic E-state index is 4.64. The number of aromatic nitrogens is 2. The van der Waals surface area contributed by atoms with E-state index in [4.69, 9.17) is 0 Å². The van der Waals surface area contributed by atoms with Crippen molar-refractivity contribution in [2.75, 3.05) is 13.6 Å². The van der Waals surface area contributed by atoms with Gasteiger partial charge >= 0.3 is 0 Å². The average molecular weight is 319 g/mol. The Balaban J connectivity index is 2.00. The van der Waals surface area contributed by atoms with Gasteiger partial charge in [0.1, 0.15) is 0 Å². The van der Waals surface area contributed by atoms with Crippen LogP contribution in [-0.4, -0.2) is 23.1 Å². The number of imidazole rings is 1. The molecule has 0 bridgehead atoms. The van der Waals surface area contributed by atoms with Gasteiger partial charge in [-0.25, -0.2) is 4.98 Å². The first-order valence-electron chi connectivity index (χ1n) is 8.54. The Kier molecular flexibility index (Phi) is 5.11. The lowest BCUT2D eigenvalue weighted by molar-refractivity contribution is 0.474. The Morgan fingerprint density at radius 2 is 1.54 bits per heavy atom. The quantitative estimate of drug-likeness (QED) is 0.670. The predicted molar refractivity (Wildman–Crippen MR) is 99.2 cm³/mol. The first-order valence-corrected chi connectivity index (χ1v) is 8.54. The van der Waals surface area contributed by atoms with E-state index in [-0.39, 0.29) is 5.54 Å². The number of nitrogens with one attached hydrogen (secondary N) is 1. The van der Waals surface area contributed by atoms with Crippen LogP contribution in [0.1, 0.15) is 30.2 Å². The highest BCUT2D eigenvalue weighted by Crippen LogP contribution is 2.33. The second-order valence-corrected chi connectivity index (χ2v) is 6.28. The van der Waals surface area contributed by atoms with Crippen molar-refractivity contribution < 1.29 is 0 Å². The van der Waals surface area contributed by atoms with Crippen molar-refractivity contribution >= 4 is 0 Å². The summed E-state index contributed by atoms with van der Waals surface area (Å²) in [5.41, 5.74) is 3.39.